The van der Waals surface area contributed by atoms with E-state index >= 15 is 0 Å². The monoisotopic (exact) mass is 622 g/mol. The number of benzene rings is 6. The smallest absolute Gasteiger partial charge is 0.0540 e. The molecule has 0 saturated heterocycles. The van der Waals surface area contributed by atoms with Crippen LogP contribution in [-0.4, -0.2) is 0 Å². The van der Waals surface area contributed by atoms with Crippen LogP contribution in [0.2, 0.25) is 0 Å². The average Bonchev–Trinajstić information content (AvgIpc) is 3.10. The first-order valence-corrected chi connectivity index (χ1v) is 17.1. The zero-order valence-electron chi connectivity index (χ0n) is 29.3. The first kappa shape index (κ1) is 30.0. The molecular weight excluding hydrogens is 581 g/mol. The zero-order valence-corrected chi connectivity index (χ0v) is 29.3. The SMILES string of the molecule is Cc1cc(C)c(C)c(N2c3ccccc3C(=C3c4ccccc4N(c4c(C)c(C)cc(C)c4C)c4ccccc43)c3ccccc32)c1C. The maximum atomic E-state index is 2.52. The van der Waals surface area contributed by atoms with E-state index in [0.717, 1.165) is 0 Å². The summed E-state index contributed by atoms with van der Waals surface area (Å²) in [5, 5.41) is 0. The van der Waals surface area contributed by atoms with Gasteiger partial charge in [-0.05, 0) is 124 Å². The summed E-state index contributed by atoms with van der Waals surface area (Å²) in [4.78, 5) is 5.04. The van der Waals surface area contributed by atoms with Gasteiger partial charge in [0, 0.05) is 33.4 Å². The van der Waals surface area contributed by atoms with Crippen molar-refractivity contribution in [1.82, 2.24) is 0 Å². The van der Waals surface area contributed by atoms with E-state index in [1.807, 2.05) is 0 Å². The number of hydrogen-bond acceptors (Lipinski definition) is 2. The van der Waals surface area contributed by atoms with E-state index in [1.165, 1.54) is 112 Å². The Hall–Kier alpha value is -5.34. The highest BCUT2D eigenvalue weighted by Gasteiger charge is 2.36. The van der Waals surface area contributed by atoms with Crippen molar-refractivity contribution in [3.05, 3.63) is 176 Å². The Bertz CT molecular complexity index is 2020. The lowest BCUT2D eigenvalue weighted by Gasteiger charge is -2.41. The molecule has 0 radical (unpaired) electrons. The molecule has 0 fully saturated rings. The molecule has 2 heteroatoms. The topological polar surface area (TPSA) is 6.48 Å². The number of para-hydroxylation sites is 4. The lowest BCUT2D eigenvalue weighted by Crippen LogP contribution is -2.23. The first-order valence-electron chi connectivity index (χ1n) is 17.1. The Balaban J connectivity index is 1.49. The summed E-state index contributed by atoms with van der Waals surface area (Å²) in [6.45, 7) is 18.0. The number of nitrogens with zero attached hydrogens (tertiary/aromatic N) is 2. The predicted octanol–water partition coefficient (Wildman–Crippen LogP) is 12.7. The van der Waals surface area contributed by atoms with E-state index in [9.17, 15) is 0 Å². The Kier molecular flexibility index (Phi) is 6.96. The molecule has 2 heterocycles. The largest absolute Gasteiger partial charge is 0.309 e. The Morgan fingerprint density at radius 3 is 0.792 bits per heavy atom. The molecule has 236 valence electrons. The van der Waals surface area contributed by atoms with Crippen LogP contribution in [0, 0.1) is 55.4 Å². The molecule has 0 N–H and O–H groups in total. The molecule has 8 rings (SSSR count). The second-order valence-electron chi connectivity index (χ2n) is 13.7. The maximum Gasteiger partial charge on any atom is 0.0540 e. The van der Waals surface area contributed by atoms with Crippen molar-refractivity contribution < 1.29 is 0 Å². The van der Waals surface area contributed by atoms with Gasteiger partial charge in [0.1, 0.15) is 0 Å². The Morgan fingerprint density at radius 1 is 0.312 bits per heavy atom. The van der Waals surface area contributed by atoms with Crippen molar-refractivity contribution in [2.45, 2.75) is 55.4 Å². The molecular formula is C46H42N2. The van der Waals surface area contributed by atoms with Gasteiger partial charge in [0.05, 0.1) is 34.1 Å². The van der Waals surface area contributed by atoms with Gasteiger partial charge in [-0.25, -0.2) is 0 Å². The minimum atomic E-state index is 1.22. The van der Waals surface area contributed by atoms with Gasteiger partial charge in [0.15, 0.2) is 0 Å². The molecule has 0 saturated carbocycles. The predicted molar refractivity (Wildman–Crippen MR) is 205 cm³/mol. The van der Waals surface area contributed by atoms with Gasteiger partial charge in [0.2, 0.25) is 0 Å². The number of fused-ring (bicyclic) bond motifs is 4. The van der Waals surface area contributed by atoms with E-state index in [0.29, 0.717) is 0 Å². The van der Waals surface area contributed by atoms with Crippen LogP contribution in [-0.2, 0) is 0 Å². The molecule has 0 aromatic heterocycles. The van der Waals surface area contributed by atoms with Crippen molar-refractivity contribution in [2.75, 3.05) is 9.80 Å². The number of aryl methyl sites for hydroxylation is 4. The van der Waals surface area contributed by atoms with Crippen molar-refractivity contribution in [1.29, 1.82) is 0 Å². The lowest BCUT2D eigenvalue weighted by molar-refractivity contribution is 1.14. The quantitative estimate of drug-likeness (QED) is 0.189. The molecule has 0 aliphatic carbocycles. The molecule has 6 aromatic carbocycles. The summed E-state index contributed by atoms with van der Waals surface area (Å²) in [5.74, 6) is 0. The van der Waals surface area contributed by atoms with Crippen molar-refractivity contribution in [3.63, 3.8) is 0 Å². The van der Waals surface area contributed by atoms with E-state index < -0.39 is 0 Å². The summed E-state index contributed by atoms with van der Waals surface area (Å²) >= 11 is 0. The molecule has 0 bridgehead atoms. The fourth-order valence-corrected chi connectivity index (χ4v) is 8.15. The van der Waals surface area contributed by atoms with Crippen molar-refractivity contribution in [3.8, 4) is 0 Å². The van der Waals surface area contributed by atoms with E-state index in [4.69, 9.17) is 0 Å². The Morgan fingerprint density at radius 2 is 0.542 bits per heavy atom. The standard InChI is InChI=1S/C46H42N2/c1-27-25-28(2)32(6)45(31(27)5)47-39-21-13-9-17-35(39)43(36-18-10-14-22-40(36)47)44-37-19-11-15-23-41(37)48(42-24-16-12-20-38(42)44)46-33(7)29(3)26-30(4)34(46)8/h9-26H,1-8H3. The summed E-state index contributed by atoms with van der Waals surface area (Å²) in [6, 6.07) is 40.7. The molecule has 0 unspecified atom stereocenters. The molecule has 0 amide bonds. The fraction of sp³-hybridized carbons (Fsp3) is 0.174. The summed E-state index contributed by atoms with van der Waals surface area (Å²) in [5.41, 5.74) is 25.6. The van der Waals surface area contributed by atoms with Gasteiger partial charge in [-0.1, -0.05) is 84.9 Å². The minimum absolute atomic E-state index is 1.22. The lowest BCUT2D eigenvalue weighted by atomic mass is 9.79. The maximum absolute atomic E-state index is 2.52. The number of hydrogen-bond donors (Lipinski definition) is 0. The normalized spacial score (nSPS) is 13.2. The summed E-state index contributed by atoms with van der Waals surface area (Å²) < 4.78 is 0. The zero-order chi connectivity index (χ0) is 33.4. The molecule has 2 nitrogen and oxygen atoms in total. The summed E-state index contributed by atoms with van der Waals surface area (Å²) in [6.07, 6.45) is 0. The van der Waals surface area contributed by atoms with Gasteiger partial charge >= 0.3 is 0 Å². The van der Waals surface area contributed by atoms with Crippen molar-refractivity contribution in [2.24, 2.45) is 0 Å². The Labute approximate surface area is 285 Å². The summed E-state index contributed by atoms with van der Waals surface area (Å²) in [7, 11) is 0. The molecule has 0 spiro atoms. The van der Waals surface area contributed by atoms with Gasteiger partial charge < -0.3 is 9.80 Å². The number of anilines is 6. The van der Waals surface area contributed by atoms with Crippen molar-refractivity contribution >= 4 is 45.3 Å². The van der Waals surface area contributed by atoms with Crippen LogP contribution in [0.25, 0.3) is 11.1 Å². The number of rotatable bonds is 2. The van der Waals surface area contributed by atoms with E-state index in [2.05, 4.69) is 174 Å². The molecule has 2 aliphatic rings. The van der Waals surface area contributed by atoms with Crippen LogP contribution < -0.4 is 9.80 Å². The highest BCUT2D eigenvalue weighted by molar-refractivity contribution is 6.17. The van der Waals surface area contributed by atoms with Gasteiger partial charge in [-0.3, -0.25) is 0 Å². The molecule has 6 aromatic rings. The highest BCUT2D eigenvalue weighted by atomic mass is 15.2. The average molecular weight is 623 g/mol. The minimum Gasteiger partial charge on any atom is -0.309 e. The van der Waals surface area contributed by atoms with Crippen LogP contribution in [0.3, 0.4) is 0 Å². The van der Waals surface area contributed by atoms with Gasteiger partial charge in [-0.2, -0.15) is 0 Å². The van der Waals surface area contributed by atoms with Crippen LogP contribution >= 0.6 is 0 Å². The second-order valence-corrected chi connectivity index (χ2v) is 13.7. The van der Waals surface area contributed by atoms with Gasteiger partial charge in [0.25, 0.3) is 0 Å². The van der Waals surface area contributed by atoms with Crippen LogP contribution in [0.1, 0.15) is 66.8 Å². The van der Waals surface area contributed by atoms with Gasteiger partial charge in [-0.15, -0.1) is 0 Å². The second kappa shape index (κ2) is 11.1. The fourth-order valence-electron chi connectivity index (χ4n) is 8.15. The third-order valence-corrected chi connectivity index (χ3v) is 11.0. The van der Waals surface area contributed by atoms with Crippen LogP contribution in [0.5, 0.6) is 0 Å². The first-order chi connectivity index (χ1) is 23.2. The molecule has 48 heavy (non-hydrogen) atoms. The molecule has 2 aliphatic heterocycles. The third kappa shape index (κ3) is 4.25. The van der Waals surface area contributed by atoms with Crippen LogP contribution in [0.4, 0.5) is 34.1 Å². The molecule has 0 atom stereocenters. The van der Waals surface area contributed by atoms with E-state index in [1.54, 1.807) is 0 Å². The highest BCUT2D eigenvalue weighted by Crippen LogP contribution is 2.58. The van der Waals surface area contributed by atoms with E-state index in [-0.39, 0.29) is 0 Å². The third-order valence-electron chi connectivity index (χ3n) is 11.0. The van der Waals surface area contributed by atoms with Crippen LogP contribution in [0.15, 0.2) is 109 Å².